The van der Waals surface area contributed by atoms with Crippen LogP contribution in [0.1, 0.15) is 15.9 Å². The lowest BCUT2D eigenvalue weighted by atomic mass is 10.1. The Morgan fingerprint density at radius 3 is 2.69 bits per heavy atom. The summed E-state index contributed by atoms with van der Waals surface area (Å²) < 4.78 is 1.20. The van der Waals surface area contributed by atoms with E-state index >= 15 is 0 Å². The normalized spacial score (nSPS) is 11.0. The number of rotatable bonds is 6. The zero-order chi connectivity index (χ0) is 24.4. The number of anilines is 1. The maximum absolute atomic E-state index is 13.3. The zero-order valence-electron chi connectivity index (χ0n) is 18.3. The molecule has 0 radical (unpaired) electrons. The summed E-state index contributed by atoms with van der Waals surface area (Å²) >= 11 is 5.90. The molecule has 5 aromatic rings. The molecule has 9 nitrogen and oxygen atoms in total. The number of nitrogens with one attached hydrogen (secondary N) is 3. The Morgan fingerprint density at radius 1 is 1.03 bits per heavy atom. The minimum Gasteiger partial charge on any atom is -0.348 e. The molecule has 0 spiro atoms. The molecule has 0 saturated heterocycles. The lowest BCUT2D eigenvalue weighted by Gasteiger charge is -2.13. The smallest absolute Gasteiger partial charge is 0.265 e. The maximum atomic E-state index is 13.3. The second kappa shape index (κ2) is 9.40. The number of hydrogen-bond acceptors (Lipinski definition) is 5. The van der Waals surface area contributed by atoms with Crippen molar-refractivity contribution in [3.63, 3.8) is 0 Å². The molecule has 5 rings (SSSR count). The third-order valence-electron chi connectivity index (χ3n) is 5.46. The van der Waals surface area contributed by atoms with E-state index in [-0.39, 0.29) is 18.7 Å². The van der Waals surface area contributed by atoms with E-state index in [0.29, 0.717) is 21.7 Å². The van der Waals surface area contributed by atoms with Crippen LogP contribution in [0.5, 0.6) is 0 Å². The standard InChI is InChI=1S/C25H19ClN6O3/c26-17-5-3-15(4-6-17)12-28-24(34)19-10-16-2-1-9-27-23(16)32(25(19)35)13-22(33)31-18-7-8-20-21(11-18)30-14-29-20/h1-11,14H,12-13H2,(H,28,34)(H,29,30)(H,31,33). The topological polar surface area (TPSA) is 122 Å². The van der Waals surface area contributed by atoms with Crippen LogP contribution in [0.4, 0.5) is 5.69 Å². The first-order valence-electron chi connectivity index (χ1n) is 10.7. The summed E-state index contributed by atoms with van der Waals surface area (Å²) in [6.07, 6.45) is 3.10. The van der Waals surface area contributed by atoms with Gasteiger partial charge in [0, 0.05) is 28.8 Å². The molecule has 3 N–H and O–H groups in total. The first-order valence-corrected chi connectivity index (χ1v) is 11.1. The van der Waals surface area contributed by atoms with E-state index in [4.69, 9.17) is 11.6 Å². The van der Waals surface area contributed by atoms with Crippen molar-refractivity contribution in [2.24, 2.45) is 0 Å². The highest BCUT2D eigenvalue weighted by Crippen LogP contribution is 2.16. The van der Waals surface area contributed by atoms with Crippen molar-refractivity contribution in [3.05, 3.63) is 99.7 Å². The largest absolute Gasteiger partial charge is 0.348 e. The van der Waals surface area contributed by atoms with Crippen LogP contribution in [0, 0.1) is 0 Å². The highest BCUT2D eigenvalue weighted by atomic mass is 35.5. The van der Waals surface area contributed by atoms with Gasteiger partial charge in [-0.15, -0.1) is 0 Å². The van der Waals surface area contributed by atoms with E-state index in [1.807, 2.05) is 0 Å². The highest BCUT2D eigenvalue weighted by molar-refractivity contribution is 6.30. The molecule has 3 heterocycles. The van der Waals surface area contributed by atoms with Gasteiger partial charge in [0.2, 0.25) is 5.91 Å². The minimum atomic E-state index is -0.607. The molecule has 2 aromatic carbocycles. The number of halogens is 1. The predicted octanol–water partition coefficient (Wildman–Crippen LogP) is 3.49. The van der Waals surface area contributed by atoms with Gasteiger partial charge in [0.05, 0.1) is 17.4 Å². The van der Waals surface area contributed by atoms with Crippen molar-refractivity contribution in [1.29, 1.82) is 0 Å². The van der Waals surface area contributed by atoms with Crippen LogP contribution in [0.2, 0.25) is 5.02 Å². The fourth-order valence-corrected chi connectivity index (χ4v) is 3.88. The number of hydrogen-bond donors (Lipinski definition) is 3. The monoisotopic (exact) mass is 486 g/mol. The fraction of sp³-hybridized carbons (Fsp3) is 0.0800. The summed E-state index contributed by atoms with van der Waals surface area (Å²) in [5, 5.41) is 6.68. The van der Waals surface area contributed by atoms with Crippen molar-refractivity contribution in [3.8, 4) is 0 Å². The van der Waals surface area contributed by atoms with E-state index in [1.54, 1.807) is 60.9 Å². The molecule has 0 fully saturated rings. The molecule has 174 valence electrons. The Labute approximate surface area is 203 Å². The second-order valence-electron chi connectivity index (χ2n) is 7.86. The van der Waals surface area contributed by atoms with Crippen LogP contribution in [-0.4, -0.2) is 31.3 Å². The number of aromatic amines is 1. The van der Waals surface area contributed by atoms with E-state index in [0.717, 1.165) is 16.6 Å². The van der Waals surface area contributed by atoms with Crippen LogP contribution in [0.25, 0.3) is 22.1 Å². The molecule has 0 unspecified atom stereocenters. The summed E-state index contributed by atoms with van der Waals surface area (Å²) in [5.41, 5.74) is 2.55. The van der Waals surface area contributed by atoms with E-state index in [9.17, 15) is 14.4 Å². The highest BCUT2D eigenvalue weighted by Gasteiger charge is 2.18. The number of imidazole rings is 1. The van der Waals surface area contributed by atoms with Crippen LogP contribution in [-0.2, 0) is 17.9 Å². The quantitative estimate of drug-likeness (QED) is 0.339. The first-order chi connectivity index (χ1) is 17.0. The van der Waals surface area contributed by atoms with Gasteiger partial charge >= 0.3 is 0 Å². The predicted molar refractivity (Wildman–Crippen MR) is 133 cm³/mol. The molecule has 10 heteroatoms. The lowest BCUT2D eigenvalue weighted by molar-refractivity contribution is -0.116. The van der Waals surface area contributed by atoms with Gasteiger partial charge in [-0.2, -0.15) is 0 Å². The molecule has 0 aliphatic heterocycles. The lowest BCUT2D eigenvalue weighted by Crippen LogP contribution is -2.35. The first kappa shape index (κ1) is 22.3. The Morgan fingerprint density at radius 2 is 1.86 bits per heavy atom. The molecule has 0 saturated carbocycles. The van der Waals surface area contributed by atoms with Gasteiger partial charge in [0.15, 0.2) is 0 Å². The zero-order valence-corrected chi connectivity index (χ0v) is 19.0. The number of benzene rings is 2. The number of H-pyrrole nitrogens is 1. The van der Waals surface area contributed by atoms with Gasteiger partial charge in [-0.25, -0.2) is 9.97 Å². The van der Waals surface area contributed by atoms with Gasteiger partial charge in [-0.05, 0) is 54.1 Å². The average molecular weight is 487 g/mol. The number of carbonyl (C=O) groups is 2. The Bertz CT molecular complexity index is 1620. The average Bonchev–Trinajstić information content (AvgIpc) is 3.33. The summed E-state index contributed by atoms with van der Waals surface area (Å²) in [5.74, 6) is -0.980. The summed E-state index contributed by atoms with van der Waals surface area (Å²) in [4.78, 5) is 50.4. The number of amides is 2. The van der Waals surface area contributed by atoms with Gasteiger partial charge in [-0.1, -0.05) is 23.7 Å². The molecule has 0 atom stereocenters. The molecular weight excluding hydrogens is 468 g/mol. The molecule has 2 amide bonds. The molecular formula is C25H19ClN6O3. The van der Waals surface area contributed by atoms with Gasteiger partial charge in [-0.3, -0.25) is 19.0 Å². The maximum Gasteiger partial charge on any atom is 0.265 e. The van der Waals surface area contributed by atoms with Crippen molar-refractivity contribution in [2.45, 2.75) is 13.1 Å². The van der Waals surface area contributed by atoms with Crippen molar-refractivity contribution in [1.82, 2.24) is 24.8 Å². The van der Waals surface area contributed by atoms with Crippen LogP contribution >= 0.6 is 11.6 Å². The Kier molecular flexibility index (Phi) is 5.99. The Hall–Kier alpha value is -4.50. The second-order valence-corrected chi connectivity index (χ2v) is 8.29. The van der Waals surface area contributed by atoms with Crippen molar-refractivity contribution in [2.75, 3.05) is 5.32 Å². The van der Waals surface area contributed by atoms with Gasteiger partial charge < -0.3 is 15.6 Å². The van der Waals surface area contributed by atoms with Gasteiger partial charge in [0.25, 0.3) is 11.5 Å². The molecule has 0 aliphatic rings. The third-order valence-corrected chi connectivity index (χ3v) is 5.72. The minimum absolute atomic E-state index is 0.0776. The summed E-state index contributed by atoms with van der Waals surface area (Å²) in [7, 11) is 0. The van der Waals surface area contributed by atoms with Crippen LogP contribution < -0.4 is 16.2 Å². The third kappa shape index (κ3) is 4.75. The number of nitrogens with zero attached hydrogens (tertiary/aromatic N) is 3. The van der Waals surface area contributed by atoms with Gasteiger partial charge in [0.1, 0.15) is 17.8 Å². The van der Waals surface area contributed by atoms with Crippen molar-refractivity contribution < 1.29 is 9.59 Å². The number of fused-ring (bicyclic) bond motifs is 2. The SMILES string of the molecule is O=C(Cn1c(=O)c(C(=O)NCc2ccc(Cl)cc2)cc2cccnc21)Nc1ccc2nc[nH]c2c1. The number of pyridine rings is 2. The molecule has 35 heavy (non-hydrogen) atoms. The number of aromatic nitrogens is 4. The number of carbonyl (C=O) groups excluding carboxylic acids is 2. The van der Waals surface area contributed by atoms with E-state index < -0.39 is 17.4 Å². The summed E-state index contributed by atoms with van der Waals surface area (Å²) in [6, 6.07) is 17.2. The summed E-state index contributed by atoms with van der Waals surface area (Å²) in [6.45, 7) is -0.0945. The van der Waals surface area contributed by atoms with E-state index in [2.05, 4.69) is 25.6 Å². The molecule has 3 aromatic heterocycles. The van der Waals surface area contributed by atoms with Crippen LogP contribution in [0.3, 0.4) is 0 Å². The Balaban J connectivity index is 1.41. The molecule has 0 aliphatic carbocycles. The fourth-order valence-electron chi connectivity index (χ4n) is 3.75. The molecule has 0 bridgehead atoms. The van der Waals surface area contributed by atoms with E-state index in [1.165, 1.54) is 16.8 Å². The van der Waals surface area contributed by atoms with Crippen LogP contribution in [0.15, 0.2) is 78.0 Å². The van der Waals surface area contributed by atoms with Crippen molar-refractivity contribution >= 4 is 51.2 Å².